The van der Waals surface area contributed by atoms with E-state index in [0.717, 1.165) is 9.35 Å². The second-order valence-electron chi connectivity index (χ2n) is 3.48. The molecule has 0 aliphatic heterocycles. The van der Waals surface area contributed by atoms with Gasteiger partial charge in [-0.3, -0.25) is 4.79 Å². The average Bonchev–Trinajstić information content (AvgIpc) is 2.70. The van der Waals surface area contributed by atoms with Crippen LogP contribution in [0, 0.1) is 0 Å². The van der Waals surface area contributed by atoms with Gasteiger partial charge in [0, 0.05) is 27.4 Å². The number of hydrogen-bond donors (Lipinski definition) is 0. The van der Waals surface area contributed by atoms with E-state index in [0.29, 0.717) is 15.6 Å². The van der Waals surface area contributed by atoms with E-state index in [4.69, 9.17) is 23.2 Å². The summed E-state index contributed by atoms with van der Waals surface area (Å²) < 4.78 is 0.943. The van der Waals surface area contributed by atoms with Crippen LogP contribution in [0.2, 0.25) is 10.0 Å². The summed E-state index contributed by atoms with van der Waals surface area (Å²) in [6, 6.07) is 6.95. The van der Waals surface area contributed by atoms with E-state index >= 15 is 0 Å². The van der Waals surface area contributed by atoms with Gasteiger partial charge < -0.3 is 0 Å². The van der Waals surface area contributed by atoms with Crippen molar-refractivity contribution in [1.82, 2.24) is 0 Å². The maximum atomic E-state index is 12.0. The zero-order chi connectivity index (χ0) is 12.4. The number of Topliss-reactive ketones (excluding diaryl/α,β-unsaturated/α-hetero) is 1. The lowest BCUT2D eigenvalue weighted by atomic mass is 10.1. The molecule has 0 bridgehead atoms. The largest absolute Gasteiger partial charge is 0.294 e. The van der Waals surface area contributed by atoms with Crippen molar-refractivity contribution in [1.29, 1.82) is 0 Å². The molecule has 88 valence electrons. The van der Waals surface area contributed by atoms with Crippen LogP contribution in [0.4, 0.5) is 0 Å². The molecule has 0 radical (unpaired) electrons. The molecule has 0 saturated carbocycles. The summed E-state index contributed by atoms with van der Waals surface area (Å²) in [5, 5.41) is 2.98. The first-order valence-electron chi connectivity index (χ1n) is 4.77. The summed E-state index contributed by atoms with van der Waals surface area (Å²) in [7, 11) is 0. The van der Waals surface area contributed by atoms with Crippen LogP contribution in [0.5, 0.6) is 0 Å². The third kappa shape index (κ3) is 3.32. The average molecular weight is 350 g/mol. The van der Waals surface area contributed by atoms with Gasteiger partial charge in [0.15, 0.2) is 5.78 Å². The molecule has 5 heteroatoms. The van der Waals surface area contributed by atoms with Crippen molar-refractivity contribution in [3.05, 3.63) is 54.6 Å². The molecule has 1 aromatic heterocycles. The van der Waals surface area contributed by atoms with Gasteiger partial charge in [0.2, 0.25) is 0 Å². The number of halogens is 3. The van der Waals surface area contributed by atoms with Crippen LogP contribution >= 0.6 is 50.5 Å². The molecule has 1 heterocycles. The Hall–Kier alpha value is -0.350. The molecule has 0 atom stereocenters. The molecule has 0 fully saturated rings. The highest BCUT2D eigenvalue weighted by atomic mass is 79.9. The maximum Gasteiger partial charge on any atom is 0.168 e. The van der Waals surface area contributed by atoms with Gasteiger partial charge in [-0.15, -0.1) is 11.3 Å². The van der Waals surface area contributed by atoms with Crippen molar-refractivity contribution < 1.29 is 4.79 Å². The van der Waals surface area contributed by atoms with Crippen LogP contribution in [-0.2, 0) is 6.42 Å². The number of carbonyl (C=O) groups is 1. The van der Waals surface area contributed by atoms with Gasteiger partial charge in [-0.05, 0) is 45.8 Å². The third-order valence-electron chi connectivity index (χ3n) is 2.25. The highest BCUT2D eigenvalue weighted by molar-refractivity contribution is 9.11. The molecule has 0 N–H and O–H groups in total. The predicted octanol–water partition coefficient (Wildman–Crippen LogP) is 5.24. The minimum absolute atomic E-state index is 0.0381. The molecule has 0 unspecified atom stereocenters. The van der Waals surface area contributed by atoms with Crippen molar-refractivity contribution in [2.24, 2.45) is 0 Å². The molecular formula is C12H7BrCl2OS. The topological polar surface area (TPSA) is 17.1 Å². The number of thiophene rings is 1. The summed E-state index contributed by atoms with van der Waals surface area (Å²) >= 11 is 16.7. The van der Waals surface area contributed by atoms with Gasteiger partial charge in [-0.25, -0.2) is 0 Å². The second-order valence-corrected chi connectivity index (χ2v) is 6.61. The fourth-order valence-corrected chi connectivity index (χ4v) is 2.95. The SMILES string of the molecule is O=C(Cc1cc(Cl)ccc1Cl)c1csc(Br)c1. The van der Waals surface area contributed by atoms with Crippen LogP contribution in [0.15, 0.2) is 33.4 Å². The lowest BCUT2D eigenvalue weighted by molar-refractivity contribution is 0.0993. The Labute approximate surface area is 121 Å². The van der Waals surface area contributed by atoms with E-state index in [1.54, 1.807) is 18.2 Å². The second kappa shape index (κ2) is 5.53. The minimum atomic E-state index is 0.0381. The summed E-state index contributed by atoms with van der Waals surface area (Å²) in [6.07, 6.45) is 0.266. The highest BCUT2D eigenvalue weighted by Gasteiger charge is 2.11. The molecule has 0 aliphatic carbocycles. The molecule has 0 saturated heterocycles. The molecule has 1 nitrogen and oxygen atoms in total. The van der Waals surface area contributed by atoms with E-state index in [-0.39, 0.29) is 12.2 Å². The Morgan fingerprint density at radius 2 is 2.06 bits per heavy atom. The van der Waals surface area contributed by atoms with Crippen molar-refractivity contribution >= 4 is 56.3 Å². The van der Waals surface area contributed by atoms with Crippen LogP contribution in [0.3, 0.4) is 0 Å². The van der Waals surface area contributed by atoms with Crippen molar-refractivity contribution in [2.75, 3.05) is 0 Å². The normalized spacial score (nSPS) is 10.5. The molecule has 2 rings (SSSR count). The Kier molecular flexibility index (Phi) is 4.26. The van der Waals surface area contributed by atoms with Crippen molar-refractivity contribution in [3.63, 3.8) is 0 Å². The van der Waals surface area contributed by atoms with Gasteiger partial charge in [0.1, 0.15) is 0 Å². The Bertz CT molecular complexity index is 565. The van der Waals surface area contributed by atoms with Crippen LogP contribution in [0.25, 0.3) is 0 Å². The van der Waals surface area contributed by atoms with Crippen molar-refractivity contribution in [2.45, 2.75) is 6.42 Å². The Morgan fingerprint density at radius 3 is 2.71 bits per heavy atom. The van der Waals surface area contributed by atoms with Gasteiger partial charge in [-0.1, -0.05) is 23.2 Å². The molecular weight excluding hydrogens is 343 g/mol. The molecule has 2 aromatic rings. The predicted molar refractivity (Wildman–Crippen MR) is 76.5 cm³/mol. The van der Waals surface area contributed by atoms with Gasteiger partial charge in [0.05, 0.1) is 3.79 Å². The number of ketones is 1. The van der Waals surface area contributed by atoms with E-state index < -0.39 is 0 Å². The molecule has 17 heavy (non-hydrogen) atoms. The third-order valence-corrected chi connectivity index (χ3v) is 4.36. The standard InChI is InChI=1S/C12H7BrCl2OS/c13-12-5-8(6-17-12)11(16)4-7-3-9(14)1-2-10(7)15/h1-3,5-6H,4H2. The first-order valence-corrected chi connectivity index (χ1v) is 7.20. The number of carbonyl (C=O) groups excluding carboxylic acids is 1. The number of rotatable bonds is 3. The number of benzene rings is 1. The molecule has 0 amide bonds. The minimum Gasteiger partial charge on any atom is -0.294 e. The van der Waals surface area contributed by atoms with Crippen LogP contribution in [0.1, 0.15) is 15.9 Å². The smallest absolute Gasteiger partial charge is 0.168 e. The first-order chi connectivity index (χ1) is 8.06. The van der Waals surface area contributed by atoms with E-state index in [9.17, 15) is 4.79 Å². The zero-order valence-electron chi connectivity index (χ0n) is 8.54. The summed E-state index contributed by atoms with van der Waals surface area (Å²) in [4.78, 5) is 12.0. The summed E-state index contributed by atoms with van der Waals surface area (Å²) in [6.45, 7) is 0. The van der Waals surface area contributed by atoms with Crippen LogP contribution < -0.4 is 0 Å². The van der Waals surface area contributed by atoms with Crippen LogP contribution in [-0.4, -0.2) is 5.78 Å². The molecule has 0 spiro atoms. The molecule has 0 aliphatic rings. The van der Waals surface area contributed by atoms with Gasteiger partial charge >= 0.3 is 0 Å². The fourth-order valence-electron chi connectivity index (χ4n) is 1.41. The first kappa shape index (κ1) is 13.1. The van der Waals surface area contributed by atoms with E-state index in [1.807, 2.05) is 11.4 Å². The van der Waals surface area contributed by atoms with Gasteiger partial charge in [-0.2, -0.15) is 0 Å². The van der Waals surface area contributed by atoms with E-state index in [1.165, 1.54) is 11.3 Å². The maximum absolute atomic E-state index is 12.0. The summed E-state index contributed by atoms with van der Waals surface area (Å²) in [5.74, 6) is 0.0381. The quantitative estimate of drug-likeness (QED) is 0.692. The fraction of sp³-hybridized carbons (Fsp3) is 0.0833. The zero-order valence-corrected chi connectivity index (χ0v) is 12.5. The molecule has 1 aromatic carbocycles. The summed E-state index contributed by atoms with van der Waals surface area (Å²) in [5.41, 5.74) is 1.45. The Balaban J connectivity index is 2.21. The highest BCUT2D eigenvalue weighted by Crippen LogP contribution is 2.25. The van der Waals surface area contributed by atoms with Crippen molar-refractivity contribution in [3.8, 4) is 0 Å². The number of hydrogen-bond acceptors (Lipinski definition) is 2. The lowest BCUT2D eigenvalue weighted by Crippen LogP contribution is -2.02. The Morgan fingerprint density at radius 1 is 1.29 bits per heavy atom. The lowest BCUT2D eigenvalue weighted by Gasteiger charge is -2.03. The van der Waals surface area contributed by atoms with Gasteiger partial charge in [0.25, 0.3) is 0 Å². The van der Waals surface area contributed by atoms with E-state index in [2.05, 4.69) is 15.9 Å². The monoisotopic (exact) mass is 348 g/mol.